The van der Waals surface area contributed by atoms with E-state index in [2.05, 4.69) is 15.9 Å². The van der Waals surface area contributed by atoms with Gasteiger partial charge in [0.1, 0.15) is 0 Å². The molecule has 0 saturated heterocycles. The maximum absolute atomic E-state index is 11.2. The van der Waals surface area contributed by atoms with Crippen LogP contribution < -0.4 is 0 Å². The molecule has 2 unspecified atom stereocenters. The number of alkyl halides is 1. The highest BCUT2D eigenvalue weighted by Crippen LogP contribution is 2.39. The Bertz CT molecular complexity index is 381. The van der Waals surface area contributed by atoms with Gasteiger partial charge in [-0.1, -0.05) is 60.1 Å². The van der Waals surface area contributed by atoms with Gasteiger partial charge in [-0.3, -0.25) is 10.1 Å². The lowest BCUT2D eigenvalue weighted by Crippen LogP contribution is -2.40. The summed E-state index contributed by atoms with van der Waals surface area (Å²) in [5.74, 6) is 0. The van der Waals surface area contributed by atoms with Crippen LogP contribution in [0.4, 0.5) is 0 Å². The molecule has 0 aliphatic carbocycles. The van der Waals surface area contributed by atoms with Crippen molar-refractivity contribution in [1.29, 1.82) is 0 Å². The van der Waals surface area contributed by atoms with Gasteiger partial charge in [0.05, 0.1) is 11.5 Å². The molecule has 5 heteroatoms. The number of hydrogen-bond acceptors (Lipinski definition) is 3. The van der Waals surface area contributed by atoms with Crippen LogP contribution in [-0.2, 0) is 0 Å². The lowest BCUT2D eigenvalue weighted by Gasteiger charge is -2.31. The zero-order valence-electron chi connectivity index (χ0n) is 9.84. The molecule has 94 valence electrons. The normalized spacial score (nSPS) is 15.3. The molecule has 1 aromatic rings. The van der Waals surface area contributed by atoms with Crippen molar-refractivity contribution in [3.63, 3.8) is 0 Å². The quantitative estimate of drug-likeness (QED) is 0.517. The van der Waals surface area contributed by atoms with Gasteiger partial charge in [-0.2, -0.15) is 0 Å². The molecular formula is C12H16BrNO3. The van der Waals surface area contributed by atoms with Crippen LogP contribution in [0, 0.1) is 15.5 Å². The molecule has 0 bridgehead atoms. The maximum Gasteiger partial charge on any atom is 0.245 e. The Labute approximate surface area is 109 Å². The lowest BCUT2D eigenvalue weighted by atomic mass is 9.77. The summed E-state index contributed by atoms with van der Waals surface area (Å²) in [4.78, 5) is 10.9. The molecule has 0 saturated carbocycles. The summed E-state index contributed by atoms with van der Waals surface area (Å²) < 4.78 is 0. The predicted molar refractivity (Wildman–Crippen MR) is 69.8 cm³/mol. The first-order valence-corrected chi connectivity index (χ1v) is 6.46. The smallest absolute Gasteiger partial charge is 0.245 e. The van der Waals surface area contributed by atoms with E-state index in [1.807, 2.05) is 6.07 Å². The van der Waals surface area contributed by atoms with E-state index < -0.39 is 17.6 Å². The van der Waals surface area contributed by atoms with Crippen molar-refractivity contribution in [3.8, 4) is 0 Å². The van der Waals surface area contributed by atoms with E-state index in [-0.39, 0.29) is 4.92 Å². The Kier molecular flexibility index (Phi) is 4.65. The van der Waals surface area contributed by atoms with Crippen LogP contribution in [0.1, 0.15) is 25.5 Å². The van der Waals surface area contributed by atoms with E-state index in [1.54, 1.807) is 38.1 Å². The Morgan fingerprint density at radius 3 is 2.35 bits per heavy atom. The molecule has 2 atom stereocenters. The van der Waals surface area contributed by atoms with E-state index in [1.165, 1.54) is 0 Å². The molecule has 0 aliphatic rings. The molecule has 0 spiro atoms. The molecule has 0 aliphatic heterocycles. The van der Waals surface area contributed by atoms with Crippen LogP contribution >= 0.6 is 15.9 Å². The summed E-state index contributed by atoms with van der Waals surface area (Å²) in [5, 5.41) is 21.5. The first-order chi connectivity index (χ1) is 7.91. The molecule has 17 heavy (non-hydrogen) atoms. The van der Waals surface area contributed by atoms with Crippen LogP contribution in [0.25, 0.3) is 0 Å². The highest BCUT2D eigenvalue weighted by atomic mass is 79.9. The summed E-state index contributed by atoms with van der Waals surface area (Å²) in [7, 11) is 0. The Hall–Kier alpha value is -0.940. The molecule has 0 heterocycles. The standard InChI is InChI=1S/C12H16BrNO3/c1-12(2,10(15)8-13)11(14(16)17)9-6-4-3-5-7-9/h3-7,10-11,15H,8H2,1-2H3. The second-order valence-corrected chi connectivity index (χ2v) is 5.24. The SMILES string of the molecule is CC(C)(C(O)CBr)C(c1ccccc1)[N+](=O)[O-]. The summed E-state index contributed by atoms with van der Waals surface area (Å²) >= 11 is 3.17. The van der Waals surface area contributed by atoms with E-state index in [4.69, 9.17) is 0 Å². The molecular weight excluding hydrogens is 286 g/mol. The van der Waals surface area contributed by atoms with Crippen molar-refractivity contribution in [2.45, 2.75) is 26.0 Å². The third-order valence-corrected chi connectivity index (χ3v) is 3.65. The van der Waals surface area contributed by atoms with Crippen molar-refractivity contribution in [2.24, 2.45) is 5.41 Å². The van der Waals surface area contributed by atoms with Gasteiger partial charge in [-0.25, -0.2) is 0 Å². The fourth-order valence-electron chi connectivity index (χ4n) is 1.84. The van der Waals surface area contributed by atoms with Gasteiger partial charge in [-0.05, 0) is 0 Å². The van der Waals surface area contributed by atoms with E-state index in [9.17, 15) is 15.2 Å². The molecule has 4 nitrogen and oxygen atoms in total. The molecule has 0 amide bonds. The van der Waals surface area contributed by atoms with Crippen molar-refractivity contribution < 1.29 is 10.0 Å². The monoisotopic (exact) mass is 301 g/mol. The average molecular weight is 302 g/mol. The molecule has 0 fully saturated rings. The van der Waals surface area contributed by atoms with Crippen molar-refractivity contribution in [2.75, 3.05) is 5.33 Å². The predicted octanol–water partition coefficient (Wildman–Crippen LogP) is 2.79. The fraction of sp³-hybridized carbons (Fsp3) is 0.500. The molecule has 0 aromatic heterocycles. The van der Waals surface area contributed by atoms with Crippen LogP contribution in [0.2, 0.25) is 0 Å². The Morgan fingerprint density at radius 2 is 1.94 bits per heavy atom. The number of benzene rings is 1. The summed E-state index contributed by atoms with van der Waals surface area (Å²) in [5.41, 5.74) is -0.226. The van der Waals surface area contributed by atoms with E-state index in [0.29, 0.717) is 10.9 Å². The Balaban J connectivity index is 3.15. The minimum absolute atomic E-state index is 0.317. The van der Waals surface area contributed by atoms with Gasteiger partial charge in [-0.15, -0.1) is 0 Å². The van der Waals surface area contributed by atoms with Gasteiger partial charge >= 0.3 is 0 Å². The number of aliphatic hydroxyl groups excluding tert-OH is 1. The van der Waals surface area contributed by atoms with Crippen LogP contribution in [0.3, 0.4) is 0 Å². The summed E-state index contributed by atoms with van der Waals surface area (Å²) in [6, 6.07) is 7.86. The van der Waals surface area contributed by atoms with E-state index >= 15 is 0 Å². The largest absolute Gasteiger partial charge is 0.391 e. The summed E-state index contributed by atoms with van der Waals surface area (Å²) in [6.07, 6.45) is -0.780. The van der Waals surface area contributed by atoms with Crippen LogP contribution in [-0.4, -0.2) is 21.5 Å². The van der Waals surface area contributed by atoms with Crippen LogP contribution in [0.5, 0.6) is 0 Å². The second-order valence-electron chi connectivity index (χ2n) is 4.59. The first-order valence-electron chi connectivity index (χ1n) is 5.33. The minimum atomic E-state index is -0.920. The third kappa shape index (κ3) is 3.04. The third-order valence-electron chi connectivity index (χ3n) is 3.04. The topological polar surface area (TPSA) is 63.4 Å². The number of aliphatic hydroxyl groups is 1. The lowest BCUT2D eigenvalue weighted by molar-refractivity contribution is -0.551. The van der Waals surface area contributed by atoms with Gasteiger partial charge in [0, 0.05) is 15.8 Å². The maximum atomic E-state index is 11.2. The highest BCUT2D eigenvalue weighted by molar-refractivity contribution is 9.09. The van der Waals surface area contributed by atoms with Crippen molar-refractivity contribution >= 4 is 15.9 Å². The molecule has 1 N–H and O–H groups in total. The molecule has 1 rings (SSSR count). The second kappa shape index (κ2) is 5.60. The zero-order chi connectivity index (χ0) is 13.1. The number of nitrogens with zero attached hydrogens (tertiary/aromatic N) is 1. The first kappa shape index (κ1) is 14.1. The summed E-state index contributed by atoms with van der Waals surface area (Å²) in [6.45, 7) is 3.42. The van der Waals surface area contributed by atoms with Gasteiger partial charge in [0.25, 0.3) is 0 Å². The van der Waals surface area contributed by atoms with Crippen LogP contribution in [0.15, 0.2) is 30.3 Å². The zero-order valence-corrected chi connectivity index (χ0v) is 11.4. The number of nitro groups is 1. The van der Waals surface area contributed by atoms with Gasteiger partial charge in [0.2, 0.25) is 6.04 Å². The van der Waals surface area contributed by atoms with Crippen molar-refractivity contribution in [3.05, 3.63) is 46.0 Å². The fourth-order valence-corrected chi connectivity index (χ4v) is 2.67. The Morgan fingerprint density at radius 1 is 1.41 bits per heavy atom. The highest BCUT2D eigenvalue weighted by Gasteiger charge is 2.45. The number of halogens is 1. The minimum Gasteiger partial charge on any atom is -0.391 e. The van der Waals surface area contributed by atoms with E-state index in [0.717, 1.165) is 0 Å². The number of rotatable bonds is 5. The molecule has 0 radical (unpaired) electrons. The average Bonchev–Trinajstić information content (AvgIpc) is 2.28. The van der Waals surface area contributed by atoms with Gasteiger partial charge in [0.15, 0.2) is 0 Å². The molecule has 1 aromatic carbocycles. The van der Waals surface area contributed by atoms with Gasteiger partial charge < -0.3 is 5.11 Å². The van der Waals surface area contributed by atoms with Crippen molar-refractivity contribution in [1.82, 2.24) is 0 Å². The number of hydrogen-bond donors (Lipinski definition) is 1.